The highest BCUT2D eigenvalue weighted by molar-refractivity contribution is 7.86. The lowest BCUT2D eigenvalue weighted by Gasteiger charge is -2.36. The second-order valence-corrected chi connectivity index (χ2v) is 6.82. The van der Waals surface area contributed by atoms with Gasteiger partial charge in [0, 0.05) is 31.6 Å². The van der Waals surface area contributed by atoms with Crippen LogP contribution in [0.25, 0.3) is 0 Å². The Hall–Kier alpha value is 0.160. The molecule has 0 N–H and O–H groups in total. The number of nitrogens with zero attached hydrogens (tertiary/aromatic N) is 2. The summed E-state index contributed by atoms with van der Waals surface area (Å²) in [5.74, 6) is 0.259. The van der Waals surface area contributed by atoms with Crippen molar-refractivity contribution in [2.45, 2.75) is 39.3 Å². The van der Waals surface area contributed by atoms with Crippen LogP contribution in [0.1, 0.15) is 27.7 Å². The summed E-state index contributed by atoms with van der Waals surface area (Å²) in [6, 6.07) is -0.0661. The lowest BCUT2D eigenvalue weighted by Crippen LogP contribution is -2.52. The Kier molecular flexibility index (Phi) is 5.05. The summed E-state index contributed by atoms with van der Waals surface area (Å²) in [6.45, 7) is 7.26. The number of hydrogen-bond acceptors (Lipinski definition) is 2. The van der Waals surface area contributed by atoms with E-state index in [1.165, 1.54) is 8.61 Å². The first-order chi connectivity index (χ1) is 6.57. The average molecular weight is 257 g/mol. The van der Waals surface area contributed by atoms with Crippen LogP contribution in [0.2, 0.25) is 0 Å². The molecule has 0 heterocycles. The van der Waals surface area contributed by atoms with Gasteiger partial charge in [-0.3, -0.25) is 0 Å². The van der Waals surface area contributed by atoms with Crippen molar-refractivity contribution in [3.8, 4) is 0 Å². The smallest absolute Gasteiger partial charge is 0.195 e. The van der Waals surface area contributed by atoms with Gasteiger partial charge in [0.1, 0.15) is 0 Å². The lowest BCUT2D eigenvalue weighted by atomic mass is 10.1. The summed E-state index contributed by atoms with van der Waals surface area (Å²) >= 11 is 5.75. The quantitative estimate of drug-likeness (QED) is 0.700. The zero-order chi connectivity index (χ0) is 12.4. The molecule has 0 aliphatic heterocycles. The van der Waals surface area contributed by atoms with Gasteiger partial charge in [-0.1, -0.05) is 0 Å². The van der Waals surface area contributed by atoms with Crippen molar-refractivity contribution in [1.29, 1.82) is 0 Å². The summed E-state index contributed by atoms with van der Waals surface area (Å²) in [5.41, 5.74) is -0.580. The van der Waals surface area contributed by atoms with E-state index in [0.717, 1.165) is 0 Å². The van der Waals surface area contributed by atoms with Gasteiger partial charge in [0.05, 0.1) is 0 Å². The third-order valence-electron chi connectivity index (χ3n) is 2.62. The van der Waals surface area contributed by atoms with Crippen molar-refractivity contribution in [3.63, 3.8) is 0 Å². The van der Waals surface area contributed by atoms with Gasteiger partial charge in [0.25, 0.3) is 10.2 Å². The summed E-state index contributed by atoms with van der Waals surface area (Å²) in [6.07, 6.45) is 0. The van der Waals surface area contributed by atoms with E-state index in [2.05, 4.69) is 0 Å². The molecule has 92 valence electrons. The summed E-state index contributed by atoms with van der Waals surface area (Å²) < 4.78 is 26.8. The second kappa shape index (κ2) is 4.99. The minimum Gasteiger partial charge on any atom is -0.195 e. The van der Waals surface area contributed by atoms with Crippen molar-refractivity contribution in [1.82, 2.24) is 8.61 Å². The summed E-state index contributed by atoms with van der Waals surface area (Å²) in [7, 11) is -0.303. The largest absolute Gasteiger partial charge is 0.282 e. The van der Waals surface area contributed by atoms with Crippen molar-refractivity contribution in [2.24, 2.45) is 0 Å². The van der Waals surface area contributed by atoms with E-state index in [9.17, 15) is 8.42 Å². The molecule has 0 aromatic carbocycles. The fraction of sp³-hybridized carbons (Fsp3) is 1.00. The Morgan fingerprint density at radius 3 is 1.93 bits per heavy atom. The number of alkyl halides is 1. The Morgan fingerprint density at radius 1 is 1.27 bits per heavy atom. The zero-order valence-electron chi connectivity index (χ0n) is 10.3. The fourth-order valence-corrected chi connectivity index (χ4v) is 2.71. The molecular formula is C9H21ClN2O2S. The summed E-state index contributed by atoms with van der Waals surface area (Å²) in [4.78, 5) is 0. The molecule has 15 heavy (non-hydrogen) atoms. The van der Waals surface area contributed by atoms with Gasteiger partial charge in [0.15, 0.2) is 0 Å². The van der Waals surface area contributed by atoms with Gasteiger partial charge in [-0.2, -0.15) is 17.0 Å². The van der Waals surface area contributed by atoms with Gasteiger partial charge >= 0.3 is 0 Å². The van der Waals surface area contributed by atoms with Crippen LogP contribution in [0.5, 0.6) is 0 Å². The van der Waals surface area contributed by atoms with Gasteiger partial charge in [-0.25, -0.2) is 0 Å². The molecule has 0 saturated heterocycles. The number of halogens is 1. The maximum absolute atomic E-state index is 12.1. The van der Waals surface area contributed by atoms with Crippen molar-refractivity contribution < 1.29 is 8.42 Å². The molecule has 0 bridgehead atoms. The molecule has 0 spiro atoms. The first-order valence-electron chi connectivity index (χ1n) is 4.85. The van der Waals surface area contributed by atoms with Gasteiger partial charge < -0.3 is 0 Å². The van der Waals surface area contributed by atoms with Crippen molar-refractivity contribution in [2.75, 3.05) is 20.0 Å². The molecule has 0 radical (unpaired) electrons. The molecule has 0 aliphatic carbocycles. The molecule has 0 fully saturated rings. The van der Waals surface area contributed by atoms with Gasteiger partial charge in [-0.05, 0) is 27.7 Å². The SMILES string of the molecule is CC(C)N(C)S(=O)(=O)N(C)C(C)(C)CCl. The van der Waals surface area contributed by atoms with E-state index in [-0.39, 0.29) is 11.9 Å². The second-order valence-electron chi connectivity index (χ2n) is 4.53. The maximum Gasteiger partial charge on any atom is 0.282 e. The van der Waals surface area contributed by atoms with Crippen LogP contribution in [0.4, 0.5) is 0 Å². The van der Waals surface area contributed by atoms with Crippen LogP contribution < -0.4 is 0 Å². The Labute approximate surface area is 98.4 Å². The number of rotatable bonds is 5. The molecule has 0 amide bonds. The fourth-order valence-electron chi connectivity index (χ4n) is 0.856. The van der Waals surface area contributed by atoms with Crippen LogP contribution in [0.15, 0.2) is 0 Å². The highest BCUT2D eigenvalue weighted by Crippen LogP contribution is 2.20. The normalized spacial score (nSPS) is 14.3. The van der Waals surface area contributed by atoms with E-state index in [1.807, 2.05) is 13.8 Å². The van der Waals surface area contributed by atoms with Crippen molar-refractivity contribution >= 4 is 21.8 Å². The molecule has 0 atom stereocenters. The lowest BCUT2D eigenvalue weighted by molar-refractivity contribution is 0.264. The maximum atomic E-state index is 12.1. The Balaban J connectivity index is 5.06. The highest BCUT2D eigenvalue weighted by Gasteiger charge is 2.35. The Bertz CT molecular complexity index is 301. The third kappa shape index (κ3) is 3.31. The van der Waals surface area contributed by atoms with Gasteiger partial charge in [0.2, 0.25) is 0 Å². The van der Waals surface area contributed by atoms with E-state index >= 15 is 0 Å². The molecule has 0 saturated carbocycles. The molecular weight excluding hydrogens is 236 g/mol. The zero-order valence-corrected chi connectivity index (χ0v) is 11.9. The van der Waals surface area contributed by atoms with Crippen LogP contribution in [0.3, 0.4) is 0 Å². The highest BCUT2D eigenvalue weighted by atomic mass is 35.5. The van der Waals surface area contributed by atoms with E-state index in [1.54, 1.807) is 27.9 Å². The topological polar surface area (TPSA) is 40.6 Å². The molecule has 0 aliphatic rings. The molecule has 0 aromatic rings. The predicted octanol–water partition coefficient (Wildman–Crippen LogP) is 1.52. The van der Waals surface area contributed by atoms with Gasteiger partial charge in [-0.15, -0.1) is 11.6 Å². The minimum atomic E-state index is -3.43. The molecule has 4 nitrogen and oxygen atoms in total. The third-order valence-corrected chi connectivity index (χ3v) is 5.61. The van der Waals surface area contributed by atoms with Crippen molar-refractivity contribution in [3.05, 3.63) is 0 Å². The molecule has 6 heteroatoms. The van der Waals surface area contributed by atoms with Crippen LogP contribution in [-0.4, -0.2) is 48.6 Å². The molecule has 0 unspecified atom stereocenters. The van der Waals surface area contributed by atoms with E-state index in [0.29, 0.717) is 0 Å². The Morgan fingerprint density at radius 2 is 1.67 bits per heavy atom. The summed E-state index contributed by atoms with van der Waals surface area (Å²) in [5, 5.41) is 0. The monoisotopic (exact) mass is 256 g/mol. The minimum absolute atomic E-state index is 0.0661. The first-order valence-corrected chi connectivity index (χ1v) is 6.78. The van der Waals surface area contributed by atoms with E-state index < -0.39 is 15.7 Å². The standard InChI is InChI=1S/C9H21ClN2O2S/c1-8(2)11(5)15(13,14)12(6)9(3,4)7-10/h8H,7H2,1-6H3. The molecule has 0 rings (SSSR count). The predicted molar refractivity (Wildman–Crippen MR) is 64.4 cm³/mol. The average Bonchev–Trinajstić information content (AvgIpc) is 2.15. The van der Waals surface area contributed by atoms with Crippen LogP contribution in [-0.2, 0) is 10.2 Å². The van der Waals surface area contributed by atoms with Crippen LogP contribution in [0, 0.1) is 0 Å². The number of hydrogen-bond donors (Lipinski definition) is 0. The molecule has 0 aromatic heterocycles. The van der Waals surface area contributed by atoms with E-state index in [4.69, 9.17) is 11.6 Å². The van der Waals surface area contributed by atoms with Crippen LogP contribution >= 0.6 is 11.6 Å². The first kappa shape index (κ1) is 15.2.